The van der Waals surface area contributed by atoms with Gasteiger partial charge in [-0.2, -0.15) is 0 Å². The molecule has 1 fully saturated rings. The van der Waals surface area contributed by atoms with Gasteiger partial charge in [-0.05, 0) is 53.0 Å². The Balaban J connectivity index is 1.77. The van der Waals surface area contributed by atoms with Gasteiger partial charge in [0.05, 0.1) is 16.8 Å². The summed E-state index contributed by atoms with van der Waals surface area (Å²) in [6, 6.07) is 11.2. The lowest BCUT2D eigenvalue weighted by Gasteiger charge is -2.16. The predicted octanol–water partition coefficient (Wildman–Crippen LogP) is 5.32. The third-order valence-electron chi connectivity index (χ3n) is 4.36. The highest BCUT2D eigenvalue weighted by molar-refractivity contribution is 9.10. The zero-order valence-electron chi connectivity index (χ0n) is 15.4. The van der Waals surface area contributed by atoms with Crippen molar-refractivity contribution in [3.05, 3.63) is 57.0 Å². The van der Waals surface area contributed by atoms with Crippen molar-refractivity contribution in [1.82, 2.24) is 4.90 Å². The van der Waals surface area contributed by atoms with Gasteiger partial charge < -0.3 is 9.47 Å². The quantitative estimate of drug-likeness (QED) is 0.532. The molecule has 2 aromatic rings. The number of nitrogens with zero attached hydrogens (tertiary/aromatic N) is 1. The Bertz CT molecular complexity index is 908. The normalized spacial score (nSPS) is 16.6. The number of carbonyl (C=O) groups is 2. The monoisotopic (exact) mass is 483 g/mol. The molecule has 8 heteroatoms. The van der Waals surface area contributed by atoms with Gasteiger partial charge in [-0.3, -0.25) is 14.5 Å². The van der Waals surface area contributed by atoms with Crippen molar-refractivity contribution in [2.75, 3.05) is 13.7 Å². The smallest absolute Gasteiger partial charge is 0.289 e. The zero-order valence-corrected chi connectivity index (χ0v) is 18.6. The van der Waals surface area contributed by atoms with Crippen LogP contribution in [-0.2, 0) is 17.8 Å². The number of imide groups is 1. The molecular formula is C20H19BrClNO4S. The van der Waals surface area contributed by atoms with Crippen LogP contribution in [-0.4, -0.2) is 35.0 Å². The second-order valence-corrected chi connectivity index (χ2v) is 8.56. The summed E-state index contributed by atoms with van der Waals surface area (Å²) >= 11 is 10.8. The van der Waals surface area contributed by atoms with Crippen LogP contribution in [0.2, 0.25) is 5.02 Å². The number of thioether (sulfide) groups is 1. The van der Waals surface area contributed by atoms with Crippen LogP contribution in [0, 0.1) is 0 Å². The Morgan fingerprint density at radius 1 is 1.25 bits per heavy atom. The minimum absolute atomic E-state index is 0.147. The summed E-state index contributed by atoms with van der Waals surface area (Å²) in [4.78, 5) is 25.5. The average molecular weight is 485 g/mol. The lowest BCUT2D eigenvalue weighted by atomic mass is 10.1. The Morgan fingerprint density at radius 3 is 2.64 bits per heavy atom. The minimum atomic E-state index is -0.418. The highest BCUT2D eigenvalue weighted by atomic mass is 79.9. The molecule has 1 saturated heterocycles. The number of amides is 2. The van der Waals surface area contributed by atoms with Crippen molar-refractivity contribution < 1.29 is 19.1 Å². The van der Waals surface area contributed by atoms with Crippen LogP contribution in [0.25, 0.3) is 0 Å². The van der Waals surface area contributed by atoms with E-state index in [0.29, 0.717) is 40.6 Å². The Morgan fingerprint density at radius 2 is 2.00 bits per heavy atom. The molecule has 0 unspecified atom stereocenters. The van der Waals surface area contributed by atoms with E-state index in [1.807, 2.05) is 36.4 Å². The first kappa shape index (κ1) is 21.0. The van der Waals surface area contributed by atoms with Gasteiger partial charge in [-0.15, -0.1) is 0 Å². The Hall–Kier alpha value is -1.70. The molecule has 5 nitrogen and oxygen atoms in total. The minimum Gasteiger partial charge on any atom is -0.493 e. The average Bonchev–Trinajstić information content (AvgIpc) is 2.94. The molecule has 2 amide bonds. The molecule has 0 aromatic heterocycles. The van der Waals surface area contributed by atoms with Gasteiger partial charge in [-0.25, -0.2) is 0 Å². The third kappa shape index (κ3) is 4.47. The summed E-state index contributed by atoms with van der Waals surface area (Å²) in [5.41, 5.74) is 1.75. The first-order valence-corrected chi connectivity index (χ1v) is 10.7. The number of ether oxygens (including phenoxy) is 2. The highest BCUT2D eigenvalue weighted by Crippen LogP contribution is 2.39. The van der Waals surface area contributed by atoms with E-state index in [2.05, 4.69) is 15.9 Å². The number of carbonyl (C=O) groups excluding carboxylic acids is 2. The van der Waals surface area contributed by atoms with Crippen LogP contribution in [0.15, 0.2) is 40.9 Å². The van der Waals surface area contributed by atoms with E-state index in [4.69, 9.17) is 21.1 Å². The first-order chi connectivity index (χ1) is 13.4. The van der Waals surface area contributed by atoms with Crippen LogP contribution in [0.3, 0.4) is 0 Å². The summed E-state index contributed by atoms with van der Waals surface area (Å²) in [5.74, 6) is 0.958. The van der Waals surface area contributed by atoms with Gasteiger partial charge in [0.2, 0.25) is 5.91 Å². The molecule has 1 aliphatic heterocycles. The summed E-state index contributed by atoms with van der Waals surface area (Å²) in [5, 5.41) is 0.0262. The van der Waals surface area contributed by atoms with Crippen molar-refractivity contribution in [3.8, 4) is 11.5 Å². The SMILES string of the molecule is CCN1C(=O)S[C@@H](Cc2cc(Br)c(OCc3ccccc3Cl)c(OC)c2)C1=O. The Kier molecular flexibility index (Phi) is 6.91. The van der Waals surface area contributed by atoms with Crippen LogP contribution in [0.5, 0.6) is 11.5 Å². The molecule has 28 heavy (non-hydrogen) atoms. The maximum absolute atomic E-state index is 12.4. The molecule has 0 saturated carbocycles. The number of halogens is 2. The van der Waals surface area contributed by atoms with E-state index < -0.39 is 5.25 Å². The van der Waals surface area contributed by atoms with Crippen molar-refractivity contribution in [1.29, 1.82) is 0 Å². The third-order valence-corrected chi connectivity index (χ3v) is 6.39. The second-order valence-electron chi connectivity index (χ2n) is 6.15. The van der Waals surface area contributed by atoms with Gasteiger partial charge >= 0.3 is 0 Å². The van der Waals surface area contributed by atoms with Crippen molar-refractivity contribution in [3.63, 3.8) is 0 Å². The zero-order chi connectivity index (χ0) is 20.3. The number of hydrogen-bond donors (Lipinski definition) is 0. The second kappa shape index (κ2) is 9.20. The summed E-state index contributed by atoms with van der Waals surface area (Å²) in [6.07, 6.45) is 0.436. The maximum atomic E-state index is 12.4. The van der Waals surface area contributed by atoms with Crippen molar-refractivity contribution in [2.45, 2.75) is 25.2 Å². The van der Waals surface area contributed by atoms with Gasteiger partial charge in [0, 0.05) is 17.1 Å². The lowest BCUT2D eigenvalue weighted by molar-refractivity contribution is -0.126. The van der Waals surface area contributed by atoms with Crippen molar-refractivity contribution in [2.24, 2.45) is 0 Å². The fraction of sp³-hybridized carbons (Fsp3) is 0.300. The Labute approximate surface area is 181 Å². The molecule has 3 rings (SSSR count). The van der Waals surface area contributed by atoms with Crippen LogP contribution >= 0.6 is 39.3 Å². The number of rotatable bonds is 7. The number of methoxy groups -OCH3 is 1. The van der Waals surface area contributed by atoms with E-state index in [0.717, 1.165) is 22.9 Å². The molecule has 1 aliphatic rings. The first-order valence-electron chi connectivity index (χ1n) is 8.69. The number of benzene rings is 2. The molecule has 1 atom stereocenters. The van der Waals surface area contributed by atoms with E-state index in [-0.39, 0.29) is 11.1 Å². The molecule has 0 N–H and O–H groups in total. The topological polar surface area (TPSA) is 55.8 Å². The largest absolute Gasteiger partial charge is 0.493 e. The lowest BCUT2D eigenvalue weighted by Crippen LogP contribution is -2.31. The standard InChI is InChI=1S/C20H19BrClNO4S/c1-3-23-19(24)17(28-20(23)25)10-12-8-14(21)18(16(9-12)26-2)27-11-13-6-4-5-7-15(13)22/h4-9,17H,3,10-11H2,1-2H3/t17-/m0/s1. The molecule has 0 aliphatic carbocycles. The number of hydrogen-bond acceptors (Lipinski definition) is 5. The van der Waals surface area contributed by atoms with E-state index in [1.54, 1.807) is 14.0 Å². The van der Waals surface area contributed by atoms with Gasteiger partial charge in [-0.1, -0.05) is 41.6 Å². The summed E-state index contributed by atoms with van der Waals surface area (Å²) < 4.78 is 12.1. The molecule has 0 spiro atoms. The molecular weight excluding hydrogens is 466 g/mol. The molecule has 0 radical (unpaired) electrons. The van der Waals surface area contributed by atoms with Crippen LogP contribution in [0.1, 0.15) is 18.1 Å². The van der Waals surface area contributed by atoms with Crippen molar-refractivity contribution >= 4 is 50.4 Å². The highest BCUT2D eigenvalue weighted by Gasteiger charge is 2.38. The molecule has 2 aromatic carbocycles. The predicted molar refractivity (Wildman–Crippen MR) is 114 cm³/mol. The molecule has 1 heterocycles. The van der Waals surface area contributed by atoms with E-state index >= 15 is 0 Å². The fourth-order valence-corrected chi connectivity index (χ4v) is 4.81. The molecule has 0 bridgehead atoms. The van der Waals surface area contributed by atoms with Gasteiger partial charge in [0.25, 0.3) is 5.24 Å². The molecule has 148 valence electrons. The van der Waals surface area contributed by atoms with Gasteiger partial charge in [0.15, 0.2) is 11.5 Å². The van der Waals surface area contributed by atoms with E-state index in [1.165, 1.54) is 4.90 Å². The van der Waals surface area contributed by atoms with Crippen LogP contribution < -0.4 is 9.47 Å². The maximum Gasteiger partial charge on any atom is 0.289 e. The fourth-order valence-electron chi connectivity index (χ4n) is 2.92. The summed E-state index contributed by atoms with van der Waals surface area (Å²) in [7, 11) is 1.56. The van der Waals surface area contributed by atoms with Crippen LogP contribution in [0.4, 0.5) is 4.79 Å². The van der Waals surface area contributed by atoms with Gasteiger partial charge in [0.1, 0.15) is 6.61 Å². The van der Waals surface area contributed by atoms with E-state index in [9.17, 15) is 9.59 Å². The summed E-state index contributed by atoms with van der Waals surface area (Å²) in [6.45, 7) is 2.48.